The molecule has 1 fully saturated rings. The van der Waals surface area contributed by atoms with E-state index in [0.29, 0.717) is 0 Å². The number of rotatable bonds is 6. The molecule has 8 heteroatoms. The van der Waals surface area contributed by atoms with E-state index in [2.05, 4.69) is 25.2 Å². The van der Waals surface area contributed by atoms with Crippen molar-refractivity contribution in [2.24, 2.45) is 5.92 Å². The number of amides is 1. The van der Waals surface area contributed by atoms with Gasteiger partial charge >= 0.3 is 0 Å². The van der Waals surface area contributed by atoms with Crippen molar-refractivity contribution in [1.29, 1.82) is 0 Å². The van der Waals surface area contributed by atoms with Crippen LogP contribution in [0.3, 0.4) is 0 Å². The van der Waals surface area contributed by atoms with Gasteiger partial charge in [0.25, 0.3) is 0 Å². The van der Waals surface area contributed by atoms with Crippen LogP contribution >= 0.6 is 11.3 Å². The molecule has 4 aromatic rings. The Balaban J connectivity index is 1.23. The molecule has 0 unspecified atom stereocenters. The van der Waals surface area contributed by atoms with Crippen molar-refractivity contribution >= 4 is 28.7 Å². The van der Waals surface area contributed by atoms with Crippen LogP contribution in [0.15, 0.2) is 66.3 Å². The molecule has 7 nitrogen and oxygen atoms in total. The standard InChI is InChI=1S/C27H27N5O2S/c1-18-30-25(16-35-18)22-5-3-4-6-23(22)31-27(33)20-11-13-32(14-12-20)26-15-24(28-17-29-26)19-7-9-21(34-2)10-8-19/h3-10,15-17,20H,11-14H2,1-2H3,(H,31,33). The van der Waals surface area contributed by atoms with Gasteiger partial charge < -0.3 is 15.0 Å². The average molecular weight is 486 g/mol. The van der Waals surface area contributed by atoms with E-state index in [-0.39, 0.29) is 11.8 Å². The quantitative estimate of drug-likeness (QED) is 0.392. The number of methoxy groups -OCH3 is 1. The Bertz CT molecular complexity index is 1310. The third-order valence-electron chi connectivity index (χ3n) is 6.31. The first-order valence-electron chi connectivity index (χ1n) is 11.6. The molecule has 3 heterocycles. The van der Waals surface area contributed by atoms with E-state index in [1.807, 2.05) is 66.9 Å². The molecule has 0 bridgehead atoms. The third-order valence-corrected chi connectivity index (χ3v) is 7.08. The maximum absolute atomic E-state index is 13.1. The molecular weight excluding hydrogens is 458 g/mol. The normalized spacial score (nSPS) is 14.1. The molecule has 5 rings (SSSR count). The molecule has 0 radical (unpaired) electrons. The molecule has 1 amide bonds. The summed E-state index contributed by atoms with van der Waals surface area (Å²) in [5.74, 6) is 1.71. The maximum Gasteiger partial charge on any atom is 0.227 e. The number of thiazole rings is 1. The molecule has 35 heavy (non-hydrogen) atoms. The summed E-state index contributed by atoms with van der Waals surface area (Å²) < 4.78 is 5.24. The van der Waals surface area contributed by atoms with E-state index in [1.165, 1.54) is 0 Å². The summed E-state index contributed by atoms with van der Waals surface area (Å²) in [4.78, 5) is 28.8. The first-order valence-corrected chi connectivity index (χ1v) is 12.5. The van der Waals surface area contributed by atoms with Crippen LogP contribution in [0.5, 0.6) is 5.75 Å². The first kappa shape index (κ1) is 23.0. The zero-order valence-corrected chi connectivity index (χ0v) is 20.6. The number of aromatic nitrogens is 3. The van der Waals surface area contributed by atoms with E-state index in [4.69, 9.17) is 4.74 Å². The predicted molar refractivity (Wildman–Crippen MR) is 140 cm³/mol. The summed E-state index contributed by atoms with van der Waals surface area (Å²) >= 11 is 1.61. The number of carbonyl (C=O) groups is 1. The number of nitrogens with one attached hydrogen (secondary N) is 1. The number of nitrogens with zero attached hydrogens (tertiary/aromatic N) is 4. The fraction of sp³-hybridized carbons (Fsp3) is 0.259. The largest absolute Gasteiger partial charge is 0.497 e. The van der Waals surface area contributed by atoms with Crippen LogP contribution in [0.2, 0.25) is 0 Å². The molecule has 0 spiro atoms. The monoisotopic (exact) mass is 485 g/mol. The van der Waals surface area contributed by atoms with E-state index in [1.54, 1.807) is 24.8 Å². The molecule has 0 saturated carbocycles. The molecule has 1 saturated heterocycles. The number of benzene rings is 2. The van der Waals surface area contributed by atoms with Gasteiger partial charge in [0, 0.05) is 41.6 Å². The van der Waals surface area contributed by atoms with Gasteiger partial charge in [0.05, 0.1) is 29.2 Å². The Hall–Kier alpha value is -3.78. The summed E-state index contributed by atoms with van der Waals surface area (Å²) in [7, 11) is 1.65. The van der Waals surface area contributed by atoms with Crippen molar-refractivity contribution in [3.63, 3.8) is 0 Å². The Labute approximate surface area is 208 Å². The van der Waals surface area contributed by atoms with Crippen molar-refractivity contribution in [2.75, 3.05) is 30.4 Å². The van der Waals surface area contributed by atoms with Crippen molar-refractivity contribution < 1.29 is 9.53 Å². The highest BCUT2D eigenvalue weighted by Gasteiger charge is 2.26. The van der Waals surface area contributed by atoms with Crippen LogP contribution in [0.25, 0.3) is 22.5 Å². The second-order valence-corrected chi connectivity index (χ2v) is 9.60. The minimum absolute atomic E-state index is 0.0422. The molecule has 0 atom stereocenters. The number of piperidine rings is 1. The predicted octanol–water partition coefficient (Wildman–Crippen LogP) is 5.44. The maximum atomic E-state index is 13.1. The number of carbonyl (C=O) groups excluding carboxylic acids is 1. The summed E-state index contributed by atoms with van der Waals surface area (Å²) in [6, 6.07) is 17.7. The van der Waals surface area contributed by atoms with Crippen molar-refractivity contribution in [3.05, 3.63) is 71.3 Å². The number of hydrogen-bond donors (Lipinski definition) is 1. The third kappa shape index (κ3) is 5.17. The van der Waals surface area contributed by atoms with Gasteiger partial charge in [-0.2, -0.15) is 0 Å². The highest BCUT2D eigenvalue weighted by Crippen LogP contribution is 2.31. The number of anilines is 2. The first-order chi connectivity index (χ1) is 17.1. The van der Waals surface area contributed by atoms with E-state index in [0.717, 1.165) is 70.7 Å². The summed E-state index contributed by atoms with van der Waals surface area (Å²) in [6.07, 6.45) is 3.14. The van der Waals surface area contributed by atoms with Crippen LogP contribution in [-0.4, -0.2) is 41.1 Å². The van der Waals surface area contributed by atoms with Crippen molar-refractivity contribution in [2.45, 2.75) is 19.8 Å². The Morgan fingerprint density at radius 3 is 2.54 bits per heavy atom. The van der Waals surface area contributed by atoms with E-state index in [9.17, 15) is 4.79 Å². The van der Waals surface area contributed by atoms with Crippen molar-refractivity contribution in [3.8, 4) is 28.3 Å². The number of para-hydroxylation sites is 1. The molecule has 1 aliphatic heterocycles. The lowest BCUT2D eigenvalue weighted by Gasteiger charge is -2.32. The van der Waals surface area contributed by atoms with Crippen LogP contribution in [0.1, 0.15) is 17.8 Å². The minimum atomic E-state index is -0.0422. The number of ether oxygens (including phenoxy) is 1. The fourth-order valence-electron chi connectivity index (χ4n) is 4.35. The van der Waals surface area contributed by atoms with Crippen LogP contribution in [0, 0.1) is 12.8 Å². The minimum Gasteiger partial charge on any atom is -0.497 e. The van der Waals surface area contributed by atoms with Crippen LogP contribution in [0.4, 0.5) is 11.5 Å². The summed E-state index contributed by atoms with van der Waals surface area (Å²) in [5, 5.41) is 6.19. The average Bonchev–Trinajstić information content (AvgIpc) is 3.35. The van der Waals surface area contributed by atoms with Gasteiger partial charge in [-0.25, -0.2) is 15.0 Å². The second-order valence-electron chi connectivity index (χ2n) is 8.54. The Morgan fingerprint density at radius 2 is 1.83 bits per heavy atom. The molecule has 1 N–H and O–H groups in total. The molecular formula is C27H27N5O2S. The van der Waals surface area contributed by atoms with E-state index < -0.39 is 0 Å². The molecule has 2 aromatic carbocycles. The molecule has 1 aliphatic rings. The lowest BCUT2D eigenvalue weighted by atomic mass is 9.95. The zero-order valence-electron chi connectivity index (χ0n) is 19.8. The van der Waals surface area contributed by atoms with Gasteiger partial charge in [0.1, 0.15) is 17.9 Å². The second kappa shape index (κ2) is 10.2. The van der Waals surface area contributed by atoms with Gasteiger partial charge in [-0.3, -0.25) is 4.79 Å². The number of aryl methyl sites for hydroxylation is 1. The zero-order chi connectivity index (χ0) is 24.2. The summed E-state index contributed by atoms with van der Waals surface area (Å²) in [6.45, 7) is 3.52. The fourth-order valence-corrected chi connectivity index (χ4v) is 4.96. The molecule has 178 valence electrons. The Kier molecular flexibility index (Phi) is 6.72. The summed E-state index contributed by atoms with van der Waals surface area (Å²) in [5.41, 5.74) is 4.54. The van der Waals surface area contributed by atoms with Crippen molar-refractivity contribution in [1.82, 2.24) is 15.0 Å². The van der Waals surface area contributed by atoms with Crippen LogP contribution < -0.4 is 15.0 Å². The SMILES string of the molecule is COc1ccc(-c2cc(N3CCC(C(=O)Nc4ccccc4-c4csc(C)n4)CC3)ncn2)cc1. The smallest absolute Gasteiger partial charge is 0.227 e. The van der Waals surface area contributed by atoms with Crippen LogP contribution in [-0.2, 0) is 4.79 Å². The highest BCUT2D eigenvalue weighted by molar-refractivity contribution is 7.09. The van der Waals surface area contributed by atoms with Gasteiger partial charge in [0.15, 0.2) is 0 Å². The topological polar surface area (TPSA) is 80.2 Å². The Morgan fingerprint density at radius 1 is 1.06 bits per heavy atom. The van der Waals surface area contributed by atoms with Gasteiger partial charge in [-0.05, 0) is 50.1 Å². The lowest BCUT2D eigenvalue weighted by Crippen LogP contribution is -2.38. The van der Waals surface area contributed by atoms with Gasteiger partial charge in [-0.15, -0.1) is 11.3 Å². The number of hydrogen-bond acceptors (Lipinski definition) is 7. The van der Waals surface area contributed by atoms with Gasteiger partial charge in [0.2, 0.25) is 5.91 Å². The molecule has 2 aromatic heterocycles. The molecule has 0 aliphatic carbocycles. The van der Waals surface area contributed by atoms with Gasteiger partial charge in [-0.1, -0.05) is 18.2 Å². The van der Waals surface area contributed by atoms with E-state index >= 15 is 0 Å². The lowest BCUT2D eigenvalue weighted by molar-refractivity contribution is -0.120. The highest BCUT2D eigenvalue weighted by atomic mass is 32.1.